The van der Waals surface area contributed by atoms with E-state index in [2.05, 4.69) is 10.2 Å². The molecule has 0 aliphatic carbocycles. The zero-order valence-electron chi connectivity index (χ0n) is 11.4. The molecular weight excluding hydrogens is 357 g/mol. The maximum absolute atomic E-state index is 12.6. The fourth-order valence-corrected chi connectivity index (χ4v) is 3.16. The van der Waals surface area contributed by atoms with Crippen LogP contribution in [0.15, 0.2) is 17.3 Å². The van der Waals surface area contributed by atoms with Crippen LogP contribution in [0.3, 0.4) is 0 Å². The van der Waals surface area contributed by atoms with E-state index >= 15 is 0 Å². The van der Waals surface area contributed by atoms with Gasteiger partial charge >= 0.3 is 6.18 Å². The molecule has 0 spiro atoms. The van der Waals surface area contributed by atoms with Gasteiger partial charge < -0.3 is 15.3 Å². The Kier molecular flexibility index (Phi) is 4.30. The molecule has 1 aliphatic rings. The second-order valence-corrected chi connectivity index (χ2v) is 6.01. The molecule has 0 radical (unpaired) electrons. The first-order chi connectivity index (χ1) is 10.9. The summed E-state index contributed by atoms with van der Waals surface area (Å²) in [5.41, 5.74) is 1.50. The van der Waals surface area contributed by atoms with Crippen LogP contribution >= 0.6 is 23.4 Å². The van der Waals surface area contributed by atoms with Gasteiger partial charge in [-0.1, -0.05) is 23.4 Å². The van der Waals surface area contributed by atoms with Crippen LogP contribution in [0, 0.1) is 0 Å². The molecular formula is C12H10ClF3N4O2S. The molecule has 0 unspecified atom stereocenters. The van der Waals surface area contributed by atoms with E-state index in [0.29, 0.717) is 22.1 Å². The van der Waals surface area contributed by atoms with Crippen molar-refractivity contribution in [3.63, 3.8) is 0 Å². The molecule has 1 aromatic heterocycles. The Bertz CT molecular complexity index is 738. The SMILES string of the molecule is Nn1c(SCc2cc(Cl)cc3c2OCOC3)nnc1C(F)(F)F. The van der Waals surface area contributed by atoms with Gasteiger partial charge in [0.1, 0.15) is 5.75 Å². The topological polar surface area (TPSA) is 75.2 Å². The number of nitrogens with zero attached hydrogens (tertiary/aromatic N) is 3. The zero-order chi connectivity index (χ0) is 16.6. The molecule has 3 rings (SSSR count). The molecule has 23 heavy (non-hydrogen) atoms. The fraction of sp³-hybridized carbons (Fsp3) is 0.333. The maximum atomic E-state index is 12.6. The van der Waals surface area contributed by atoms with Crippen LogP contribution in [-0.4, -0.2) is 21.7 Å². The van der Waals surface area contributed by atoms with Crippen LogP contribution < -0.4 is 10.6 Å². The van der Waals surface area contributed by atoms with Gasteiger partial charge in [-0.3, -0.25) is 0 Å². The predicted molar refractivity (Wildman–Crippen MR) is 76.5 cm³/mol. The number of nitrogens with two attached hydrogens (primary N) is 1. The van der Waals surface area contributed by atoms with Gasteiger partial charge in [-0.05, 0) is 12.1 Å². The average Bonchev–Trinajstić information content (AvgIpc) is 2.85. The summed E-state index contributed by atoms with van der Waals surface area (Å²) >= 11 is 7.04. The summed E-state index contributed by atoms with van der Waals surface area (Å²) in [5.74, 6) is 5.03. The molecule has 1 aromatic carbocycles. The molecule has 124 valence electrons. The highest BCUT2D eigenvalue weighted by molar-refractivity contribution is 7.98. The lowest BCUT2D eigenvalue weighted by molar-refractivity contribution is -0.146. The van der Waals surface area contributed by atoms with Crippen LogP contribution in [0.5, 0.6) is 5.75 Å². The van der Waals surface area contributed by atoms with E-state index in [-0.39, 0.29) is 17.7 Å². The van der Waals surface area contributed by atoms with Crippen LogP contribution in [0.4, 0.5) is 13.2 Å². The van der Waals surface area contributed by atoms with Gasteiger partial charge in [-0.25, -0.2) is 4.68 Å². The van der Waals surface area contributed by atoms with Crippen molar-refractivity contribution in [2.75, 3.05) is 12.6 Å². The molecule has 6 nitrogen and oxygen atoms in total. The number of ether oxygens (including phenoxy) is 2. The van der Waals surface area contributed by atoms with E-state index in [1.165, 1.54) is 0 Å². The van der Waals surface area contributed by atoms with E-state index in [9.17, 15) is 13.2 Å². The first kappa shape index (κ1) is 16.2. The molecule has 1 aliphatic heterocycles. The molecule has 0 amide bonds. The zero-order valence-corrected chi connectivity index (χ0v) is 13.0. The molecule has 0 fully saturated rings. The van der Waals surface area contributed by atoms with Crippen molar-refractivity contribution in [2.45, 2.75) is 23.7 Å². The van der Waals surface area contributed by atoms with Crippen LogP contribution in [0.1, 0.15) is 17.0 Å². The second-order valence-electron chi connectivity index (χ2n) is 4.63. The lowest BCUT2D eigenvalue weighted by Gasteiger charge is -2.20. The summed E-state index contributed by atoms with van der Waals surface area (Å²) in [7, 11) is 0. The number of aromatic nitrogens is 3. The maximum Gasteiger partial charge on any atom is 0.453 e. The minimum absolute atomic E-state index is 0.0573. The van der Waals surface area contributed by atoms with E-state index in [1.807, 2.05) is 0 Å². The Labute approximate surface area is 137 Å². The predicted octanol–water partition coefficient (Wildman–Crippen LogP) is 2.82. The van der Waals surface area contributed by atoms with Gasteiger partial charge in [0.2, 0.25) is 5.16 Å². The molecule has 0 atom stereocenters. The molecule has 0 saturated carbocycles. The van der Waals surface area contributed by atoms with E-state index < -0.39 is 12.0 Å². The van der Waals surface area contributed by atoms with Crippen LogP contribution in [0.25, 0.3) is 0 Å². The first-order valence-electron chi connectivity index (χ1n) is 6.28. The number of rotatable bonds is 3. The van der Waals surface area contributed by atoms with Crippen molar-refractivity contribution < 1.29 is 22.6 Å². The van der Waals surface area contributed by atoms with Crippen LogP contribution in [0.2, 0.25) is 5.02 Å². The Balaban J connectivity index is 1.82. The van der Waals surface area contributed by atoms with Gasteiger partial charge in [-0.2, -0.15) is 13.2 Å². The summed E-state index contributed by atoms with van der Waals surface area (Å²) in [6.07, 6.45) is -4.66. The standard InChI is InChI=1S/C12H10ClF3N4O2S/c13-8-1-6-3-21-5-22-9(6)7(2-8)4-23-11-19-18-10(20(11)17)12(14,15)16/h1-2H,3-5,17H2. The second kappa shape index (κ2) is 6.10. The third kappa shape index (κ3) is 3.33. The summed E-state index contributed by atoms with van der Waals surface area (Å²) in [6.45, 7) is 0.469. The molecule has 2 heterocycles. The average molecular weight is 367 g/mol. The third-order valence-corrected chi connectivity index (χ3v) is 4.24. The highest BCUT2D eigenvalue weighted by Crippen LogP contribution is 2.36. The molecule has 11 heteroatoms. The number of benzene rings is 1. The van der Waals surface area contributed by atoms with E-state index in [1.54, 1.807) is 12.1 Å². The molecule has 2 aromatic rings. The van der Waals surface area contributed by atoms with Crippen molar-refractivity contribution in [2.24, 2.45) is 0 Å². The Hall–Kier alpha value is -1.65. The summed E-state index contributed by atoms with van der Waals surface area (Å²) in [4.78, 5) is 0. The van der Waals surface area contributed by atoms with Gasteiger partial charge in [-0.15, -0.1) is 10.2 Å². The molecule has 0 bridgehead atoms. The Morgan fingerprint density at radius 3 is 2.83 bits per heavy atom. The van der Waals surface area contributed by atoms with Gasteiger partial charge in [0.05, 0.1) is 6.61 Å². The first-order valence-corrected chi connectivity index (χ1v) is 7.65. The number of alkyl halides is 3. The summed E-state index contributed by atoms with van der Waals surface area (Å²) < 4.78 is 48.9. The van der Waals surface area contributed by atoms with Crippen molar-refractivity contribution in [1.29, 1.82) is 0 Å². The van der Waals surface area contributed by atoms with E-state index in [4.69, 9.17) is 26.9 Å². The quantitative estimate of drug-likeness (QED) is 0.665. The van der Waals surface area contributed by atoms with Crippen LogP contribution in [-0.2, 0) is 23.3 Å². The fourth-order valence-electron chi connectivity index (χ4n) is 2.07. The molecule has 0 saturated heterocycles. The van der Waals surface area contributed by atoms with Gasteiger partial charge in [0.15, 0.2) is 6.79 Å². The van der Waals surface area contributed by atoms with Crippen molar-refractivity contribution in [1.82, 2.24) is 14.9 Å². The van der Waals surface area contributed by atoms with Crippen molar-refractivity contribution in [3.05, 3.63) is 34.1 Å². The minimum atomic E-state index is -4.66. The number of hydrogen-bond donors (Lipinski definition) is 1. The monoisotopic (exact) mass is 366 g/mol. The van der Waals surface area contributed by atoms with E-state index in [0.717, 1.165) is 22.9 Å². The lowest BCUT2D eigenvalue weighted by Crippen LogP contribution is -2.21. The number of hydrogen-bond acceptors (Lipinski definition) is 6. The number of nitrogen functional groups attached to an aromatic ring is 1. The Morgan fingerprint density at radius 1 is 1.35 bits per heavy atom. The normalized spacial score (nSPS) is 14.4. The highest BCUT2D eigenvalue weighted by Gasteiger charge is 2.38. The van der Waals surface area contributed by atoms with Crippen molar-refractivity contribution >= 4 is 23.4 Å². The smallest absolute Gasteiger partial charge is 0.453 e. The summed E-state index contributed by atoms with van der Waals surface area (Å²) in [5, 5.41) is 6.96. The number of fused-ring (bicyclic) bond motifs is 1. The largest absolute Gasteiger partial charge is 0.467 e. The minimum Gasteiger partial charge on any atom is -0.467 e. The molecule has 2 N–H and O–H groups in total. The number of thioether (sulfide) groups is 1. The lowest BCUT2D eigenvalue weighted by atomic mass is 10.1. The van der Waals surface area contributed by atoms with Gasteiger partial charge in [0, 0.05) is 21.9 Å². The third-order valence-electron chi connectivity index (χ3n) is 3.03. The highest BCUT2D eigenvalue weighted by atomic mass is 35.5. The van der Waals surface area contributed by atoms with Crippen molar-refractivity contribution in [3.8, 4) is 5.75 Å². The number of halogens is 4. The summed E-state index contributed by atoms with van der Waals surface area (Å²) in [6, 6.07) is 3.40. The Morgan fingerprint density at radius 2 is 2.13 bits per heavy atom. The van der Waals surface area contributed by atoms with Gasteiger partial charge in [0.25, 0.3) is 5.82 Å².